The lowest BCUT2D eigenvalue weighted by Crippen LogP contribution is -2.21. The minimum atomic E-state index is -0.621. The first kappa shape index (κ1) is 22.0. The van der Waals surface area contributed by atoms with Gasteiger partial charge in [-0.05, 0) is 36.1 Å². The molecule has 0 heterocycles. The van der Waals surface area contributed by atoms with Crippen molar-refractivity contribution in [2.45, 2.75) is 26.2 Å². The number of ketones is 1. The van der Waals surface area contributed by atoms with Gasteiger partial charge in [0.05, 0.1) is 5.56 Å². The highest BCUT2D eigenvalue weighted by Crippen LogP contribution is 2.26. The van der Waals surface area contributed by atoms with Crippen molar-refractivity contribution >= 4 is 23.3 Å². The third kappa shape index (κ3) is 5.66. The summed E-state index contributed by atoms with van der Waals surface area (Å²) >= 11 is 0. The molecule has 1 N–H and O–H groups in total. The van der Waals surface area contributed by atoms with Crippen molar-refractivity contribution in [3.8, 4) is 0 Å². The maximum absolute atomic E-state index is 12.4. The predicted molar refractivity (Wildman–Crippen MR) is 120 cm³/mol. The van der Waals surface area contributed by atoms with E-state index in [-0.39, 0.29) is 11.3 Å². The zero-order valence-corrected chi connectivity index (χ0v) is 17.6. The summed E-state index contributed by atoms with van der Waals surface area (Å²) in [5, 5.41) is 2.81. The van der Waals surface area contributed by atoms with E-state index in [1.54, 1.807) is 36.4 Å². The lowest BCUT2D eigenvalue weighted by Gasteiger charge is -2.15. The molecule has 3 aromatic carbocycles. The number of rotatable bonds is 8. The van der Waals surface area contributed by atoms with Crippen LogP contribution in [-0.2, 0) is 9.53 Å². The summed E-state index contributed by atoms with van der Waals surface area (Å²) < 4.78 is 5.14. The first-order chi connectivity index (χ1) is 15.0. The van der Waals surface area contributed by atoms with Crippen LogP contribution in [0.3, 0.4) is 0 Å². The fourth-order valence-corrected chi connectivity index (χ4v) is 3.18. The van der Waals surface area contributed by atoms with E-state index in [1.165, 1.54) is 12.1 Å². The second-order valence-corrected chi connectivity index (χ2v) is 7.29. The number of amides is 1. The molecule has 0 aromatic heterocycles. The Hall–Kier alpha value is -3.73. The van der Waals surface area contributed by atoms with Crippen molar-refractivity contribution in [3.63, 3.8) is 0 Å². The topological polar surface area (TPSA) is 72.5 Å². The average Bonchev–Trinajstić information content (AvgIpc) is 2.82. The Kier molecular flexibility index (Phi) is 7.33. The fourth-order valence-electron chi connectivity index (χ4n) is 3.18. The highest BCUT2D eigenvalue weighted by molar-refractivity contribution is 6.09. The molecule has 3 aromatic rings. The molecule has 0 aliphatic heterocycles. The molecule has 0 unspecified atom stereocenters. The molecule has 1 atom stereocenters. The molecule has 0 radical (unpaired) electrons. The number of ether oxygens (including phenoxy) is 1. The highest BCUT2D eigenvalue weighted by Gasteiger charge is 2.15. The lowest BCUT2D eigenvalue weighted by molar-refractivity contribution is -0.119. The third-order valence-electron chi connectivity index (χ3n) is 5.13. The van der Waals surface area contributed by atoms with Crippen LogP contribution in [0.4, 0.5) is 5.69 Å². The largest absolute Gasteiger partial charge is 0.452 e. The molecule has 3 rings (SSSR count). The molecule has 5 nitrogen and oxygen atoms in total. The number of para-hydroxylation sites is 1. The summed E-state index contributed by atoms with van der Waals surface area (Å²) in [6.07, 6.45) is 0.949. The minimum Gasteiger partial charge on any atom is -0.452 e. The number of esters is 1. The van der Waals surface area contributed by atoms with Gasteiger partial charge in [-0.15, -0.1) is 0 Å². The first-order valence-electron chi connectivity index (χ1n) is 10.2. The molecule has 0 bridgehead atoms. The molecule has 0 aliphatic rings. The van der Waals surface area contributed by atoms with Crippen molar-refractivity contribution < 1.29 is 19.1 Å². The second kappa shape index (κ2) is 10.3. The second-order valence-electron chi connectivity index (χ2n) is 7.29. The Morgan fingerprint density at radius 1 is 0.806 bits per heavy atom. The van der Waals surface area contributed by atoms with Crippen LogP contribution in [0.15, 0.2) is 78.9 Å². The summed E-state index contributed by atoms with van der Waals surface area (Å²) in [6.45, 7) is 3.79. The number of hydrogen-bond acceptors (Lipinski definition) is 4. The molecule has 1 amide bonds. The molecule has 0 spiro atoms. The SMILES string of the molecule is CC[C@H](C)c1ccccc1NC(=O)COC(=O)c1ccc(C(=O)c2ccccc2)cc1. The van der Waals surface area contributed by atoms with Crippen LogP contribution >= 0.6 is 0 Å². The van der Waals surface area contributed by atoms with Gasteiger partial charge in [0.15, 0.2) is 12.4 Å². The van der Waals surface area contributed by atoms with Gasteiger partial charge in [-0.25, -0.2) is 4.79 Å². The van der Waals surface area contributed by atoms with Crippen molar-refractivity contribution in [3.05, 3.63) is 101 Å². The Balaban J connectivity index is 1.57. The van der Waals surface area contributed by atoms with Crippen molar-refractivity contribution in [2.75, 3.05) is 11.9 Å². The normalized spacial score (nSPS) is 11.4. The van der Waals surface area contributed by atoms with Crippen LogP contribution in [0.25, 0.3) is 0 Å². The number of nitrogens with one attached hydrogen (secondary N) is 1. The number of carbonyl (C=O) groups excluding carboxylic acids is 3. The summed E-state index contributed by atoms with van der Waals surface area (Å²) in [7, 11) is 0. The molecule has 158 valence electrons. The van der Waals surface area contributed by atoms with E-state index in [9.17, 15) is 14.4 Å². The Morgan fingerprint density at radius 3 is 2.06 bits per heavy atom. The van der Waals surface area contributed by atoms with Gasteiger partial charge in [0.1, 0.15) is 0 Å². The van der Waals surface area contributed by atoms with Crippen molar-refractivity contribution in [1.82, 2.24) is 0 Å². The van der Waals surface area contributed by atoms with Crippen molar-refractivity contribution in [2.24, 2.45) is 0 Å². The zero-order valence-electron chi connectivity index (χ0n) is 17.6. The minimum absolute atomic E-state index is 0.125. The molecule has 31 heavy (non-hydrogen) atoms. The zero-order chi connectivity index (χ0) is 22.2. The van der Waals surface area contributed by atoms with Crippen LogP contribution in [0.2, 0.25) is 0 Å². The Morgan fingerprint density at radius 2 is 1.39 bits per heavy atom. The molecule has 0 fully saturated rings. The summed E-state index contributed by atoms with van der Waals surface area (Å²) in [5.74, 6) is -0.847. The fraction of sp³-hybridized carbons (Fsp3) is 0.192. The first-order valence-corrected chi connectivity index (χ1v) is 10.2. The monoisotopic (exact) mass is 415 g/mol. The summed E-state index contributed by atoms with van der Waals surface area (Å²) in [4.78, 5) is 37.0. The predicted octanol–water partition coefficient (Wildman–Crippen LogP) is 5.23. The van der Waals surface area contributed by atoms with E-state index in [0.29, 0.717) is 17.0 Å². The molecule has 0 aliphatic carbocycles. The number of anilines is 1. The molecule has 5 heteroatoms. The van der Waals surface area contributed by atoms with Crippen LogP contribution in [0, 0.1) is 0 Å². The van der Waals surface area contributed by atoms with Gasteiger partial charge in [-0.3, -0.25) is 9.59 Å². The smallest absolute Gasteiger partial charge is 0.338 e. The Labute approximate surface area is 182 Å². The number of hydrogen-bond donors (Lipinski definition) is 1. The van der Waals surface area contributed by atoms with E-state index in [2.05, 4.69) is 19.2 Å². The summed E-state index contributed by atoms with van der Waals surface area (Å²) in [6, 6.07) is 22.7. The number of benzene rings is 3. The highest BCUT2D eigenvalue weighted by atomic mass is 16.5. The van der Waals surface area contributed by atoms with Crippen LogP contribution in [-0.4, -0.2) is 24.3 Å². The van der Waals surface area contributed by atoms with E-state index < -0.39 is 18.5 Å². The Bertz CT molecular complexity index is 1060. The third-order valence-corrected chi connectivity index (χ3v) is 5.13. The van der Waals surface area contributed by atoms with Crippen LogP contribution < -0.4 is 5.32 Å². The van der Waals surface area contributed by atoms with Gasteiger partial charge in [-0.2, -0.15) is 0 Å². The van der Waals surface area contributed by atoms with Crippen LogP contribution in [0.1, 0.15) is 58.0 Å². The average molecular weight is 415 g/mol. The molecule has 0 saturated carbocycles. The maximum Gasteiger partial charge on any atom is 0.338 e. The molecule has 0 saturated heterocycles. The quantitative estimate of drug-likeness (QED) is 0.404. The van der Waals surface area contributed by atoms with Gasteiger partial charge < -0.3 is 10.1 Å². The maximum atomic E-state index is 12.4. The van der Waals surface area contributed by atoms with Gasteiger partial charge >= 0.3 is 5.97 Å². The van der Waals surface area contributed by atoms with E-state index in [1.807, 2.05) is 30.3 Å². The number of carbonyl (C=O) groups is 3. The van der Waals surface area contributed by atoms with E-state index >= 15 is 0 Å². The van der Waals surface area contributed by atoms with Gasteiger partial charge in [0, 0.05) is 16.8 Å². The van der Waals surface area contributed by atoms with Crippen molar-refractivity contribution in [1.29, 1.82) is 0 Å². The van der Waals surface area contributed by atoms with E-state index in [4.69, 9.17) is 4.74 Å². The van der Waals surface area contributed by atoms with Gasteiger partial charge in [0.2, 0.25) is 0 Å². The lowest BCUT2D eigenvalue weighted by atomic mass is 9.97. The van der Waals surface area contributed by atoms with E-state index in [0.717, 1.165) is 17.7 Å². The van der Waals surface area contributed by atoms with Crippen LogP contribution in [0.5, 0.6) is 0 Å². The van der Waals surface area contributed by atoms with Gasteiger partial charge in [-0.1, -0.05) is 74.5 Å². The molecular formula is C26H25NO4. The summed E-state index contributed by atoms with van der Waals surface area (Å²) in [5.41, 5.74) is 3.09. The molecular weight excluding hydrogens is 390 g/mol. The standard InChI is InChI=1S/C26H25NO4/c1-3-18(2)22-11-7-8-12-23(22)27-24(28)17-31-26(30)21-15-13-20(14-16-21)25(29)19-9-5-4-6-10-19/h4-16,18H,3,17H2,1-2H3,(H,27,28)/t18-/m0/s1. The van der Waals surface area contributed by atoms with Gasteiger partial charge in [0.25, 0.3) is 5.91 Å².